The van der Waals surface area contributed by atoms with E-state index >= 15 is 0 Å². The van der Waals surface area contributed by atoms with Gasteiger partial charge >= 0.3 is 0 Å². The monoisotopic (exact) mass is 215 g/mol. The van der Waals surface area contributed by atoms with Gasteiger partial charge in [-0.1, -0.05) is 6.42 Å². The zero-order chi connectivity index (χ0) is 10.4. The smallest absolute Gasteiger partial charge is 0.229 e. The normalized spacial score (nSPS) is 17.6. The number of hydrogen-bond acceptors (Lipinski definition) is 3. The van der Waals surface area contributed by atoms with Crippen LogP contribution in [0.25, 0.3) is 0 Å². The third-order valence-corrected chi connectivity index (χ3v) is 2.74. The minimum atomic E-state index is 0.00660. The van der Waals surface area contributed by atoms with Crippen molar-refractivity contribution < 1.29 is 9.59 Å². The molecule has 0 unspecified atom stereocenters. The maximum absolute atomic E-state index is 11.4. The SMILES string of the molecule is O=C1CCCC(=O)N1CCCCCS. The van der Waals surface area contributed by atoms with Crippen LogP contribution in [0.5, 0.6) is 0 Å². The lowest BCUT2D eigenvalue weighted by molar-refractivity contribution is -0.147. The predicted molar refractivity (Wildman–Crippen MR) is 58.3 cm³/mol. The molecule has 0 aromatic heterocycles. The van der Waals surface area contributed by atoms with Gasteiger partial charge in [-0.3, -0.25) is 14.5 Å². The summed E-state index contributed by atoms with van der Waals surface area (Å²) in [6.07, 6.45) is 4.82. The molecule has 0 N–H and O–H groups in total. The van der Waals surface area contributed by atoms with Gasteiger partial charge in [0.25, 0.3) is 0 Å². The van der Waals surface area contributed by atoms with E-state index in [9.17, 15) is 9.59 Å². The third kappa shape index (κ3) is 3.33. The Morgan fingerprint density at radius 1 is 1.07 bits per heavy atom. The topological polar surface area (TPSA) is 37.4 Å². The average Bonchev–Trinajstić information content (AvgIpc) is 2.16. The third-order valence-electron chi connectivity index (χ3n) is 2.42. The molecule has 1 aliphatic rings. The van der Waals surface area contributed by atoms with Gasteiger partial charge in [-0.05, 0) is 25.0 Å². The fourth-order valence-corrected chi connectivity index (χ4v) is 1.83. The summed E-state index contributed by atoms with van der Waals surface area (Å²) in [4.78, 5) is 24.1. The van der Waals surface area contributed by atoms with Crippen LogP contribution in [0.4, 0.5) is 0 Å². The average molecular weight is 215 g/mol. The molecule has 0 aromatic carbocycles. The molecule has 1 fully saturated rings. The number of thiol groups is 1. The zero-order valence-corrected chi connectivity index (χ0v) is 9.26. The molecule has 2 amide bonds. The Labute approximate surface area is 90.3 Å². The van der Waals surface area contributed by atoms with Crippen LogP contribution in [0, 0.1) is 0 Å². The van der Waals surface area contributed by atoms with Crippen molar-refractivity contribution in [2.75, 3.05) is 12.3 Å². The number of rotatable bonds is 5. The number of nitrogens with zero attached hydrogens (tertiary/aromatic N) is 1. The van der Waals surface area contributed by atoms with Crippen molar-refractivity contribution in [3.63, 3.8) is 0 Å². The number of imide groups is 1. The highest BCUT2D eigenvalue weighted by Gasteiger charge is 2.24. The lowest BCUT2D eigenvalue weighted by atomic mass is 10.1. The van der Waals surface area contributed by atoms with Crippen molar-refractivity contribution in [2.24, 2.45) is 0 Å². The van der Waals surface area contributed by atoms with Crippen molar-refractivity contribution in [3.05, 3.63) is 0 Å². The van der Waals surface area contributed by atoms with Gasteiger partial charge in [0.2, 0.25) is 11.8 Å². The summed E-state index contributed by atoms with van der Waals surface area (Å²) in [5, 5.41) is 0. The zero-order valence-electron chi connectivity index (χ0n) is 8.37. The van der Waals surface area contributed by atoms with Gasteiger partial charge in [0.15, 0.2) is 0 Å². The van der Waals surface area contributed by atoms with Crippen molar-refractivity contribution in [1.29, 1.82) is 0 Å². The molecule has 0 spiro atoms. The molecular weight excluding hydrogens is 198 g/mol. The molecule has 0 bridgehead atoms. The van der Waals surface area contributed by atoms with E-state index in [0.717, 1.165) is 31.4 Å². The Balaban J connectivity index is 2.26. The molecular formula is C10H17NO2S. The van der Waals surface area contributed by atoms with E-state index in [1.807, 2.05) is 0 Å². The van der Waals surface area contributed by atoms with Crippen LogP contribution in [0.3, 0.4) is 0 Å². The van der Waals surface area contributed by atoms with Crippen molar-refractivity contribution in [1.82, 2.24) is 4.90 Å². The minimum Gasteiger partial charge on any atom is -0.283 e. The standard InChI is InChI=1S/C10H17NO2S/c12-9-5-4-6-10(13)11(9)7-2-1-3-8-14/h14H,1-8H2. The second kappa shape index (κ2) is 6.06. The maximum Gasteiger partial charge on any atom is 0.229 e. The van der Waals surface area contributed by atoms with Gasteiger partial charge < -0.3 is 0 Å². The summed E-state index contributed by atoms with van der Waals surface area (Å²) in [5.41, 5.74) is 0. The first kappa shape index (κ1) is 11.6. The first-order valence-electron chi connectivity index (χ1n) is 5.20. The van der Waals surface area contributed by atoms with Crippen LogP contribution in [-0.4, -0.2) is 29.0 Å². The lowest BCUT2D eigenvalue weighted by Crippen LogP contribution is -2.40. The highest BCUT2D eigenvalue weighted by Crippen LogP contribution is 2.13. The fraction of sp³-hybridized carbons (Fsp3) is 0.800. The highest BCUT2D eigenvalue weighted by molar-refractivity contribution is 7.80. The number of carbonyl (C=O) groups excluding carboxylic acids is 2. The molecule has 1 aliphatic heterocycles. The Morgan fingerprint density at radius 3 is 2.29 bits per heavy atom. The lowest BCUT2D eigenvalue weighted by Gasteiger charge is -2.24. The summed E-state index contributed by atoms with van der Waals surface area (Å²) in [7, 11) is 0. The molecule has 1 rings (SSSR count). The number of piperidine rings is 1. The first-order valence-corrected chi connectivity index (χ1v) is 5.83. The highest BCUT2D eigenvalue weighted by atomic mass is 32.1. The van der Waals surface area contributed by atoms with Gasteiger partial charge in [-0.2, -0.15) is 12.6 Å². The molecule has 0 radical (unpaired) electrons. The number of hydrogen-bond donors (Lipinski definition) is 1. The van der Waals surface area contributed by atoms with Crippen molar-refractivity contribution in [3.8, 4) is 0 Å². The van der Waals surface area contributed by atoms with E-state index in [2.05, 4.69) is 12.6 Å². The molecule has 0 atom stereocenters. The summed E-state index contributed by atoms with van der Waals surface area (Å²) in [6, 6.07) is 0. The summed E-state index contributed by atoms with van der Waals surface area (Å²) in [6.45, 7) is 0.603. The maximum atomic E-state index is 11.4. The van der Waals surface area contributed by atoms with E-state index < -0.39 is 0 Å². The van der Waals surface area contributed by atoms with Gasteiger partial charge in [0.1, 0.15) is 0 Å². The van der Waals surface area contributed by atoms with E-state index in [1.165, 1.54) is 4.90 Å². The largest absolute Gasteiger partial charge is 0.283 e. The Bertz CT molecular complexity index is 202. The van der Waals surface area contributed by atoms with Crippen molar-refractivity contribution in [2.45, 2.75) is 38.5 Å². The van der Waals surface area contributed by atoms with E-state index in [-0.39, 0.29) is 11.8 Å². The number of likely N-dealkylation sites (tertiary alicyclic amines) is 1. The van der Waals surface area contributed by atoms with Gasteiger partial charge in [-0.25, -0.2) is 0 Å². The molecule has 1 heterocycles. The van der Waals surface area contributed by atoms with Crippen LogP contribution < -0.4 is 0 Å². The molecule has 4 heteroatoms. The number of amides is 2. The quantitative estimate of drug-likeness (QED) is 0.430. The minimum absolute atomic E-state index is 0.00660. The Hall–Kier alpha value is -0.510. The second-order valence-corrected chi connectivity index (χ2v) is 4.02. The number of unbranched alkanes of at least 4 members (excludes halogenated alkanes) is 2. The van der Waals surface area contributed by atoms with E-state index in [4.69, 9.17) is 0 Å². The van der Waals surface area contributed by atoms with Gasteiger partial charge in [0.05, 0.1) is 0 Å². The Morgan fingerprint density at radius 2 is 1.71 bits per heavy atom. The molecule has 14 heavy (non-hydrogen) atoms. The van der Waals surface area contributed by atoms with Crippen molar-refractivity contribution >= 4 is 24.4 Å². The van der Waals surface area contributed by atoms with E-state index in [0.29, 0.717) is 19.4 Å². The van der Waals surface area contributed by atoms with Crippen LogP contribution in [0.2, 0.25) is 0 Å². The summed E-state index contributed by atoms with van der Waals surface area (Å²) >= 11 is 4.11. The molecule has 0 aliphatic carbocycles. The molecule has 80 valence electrons. The molecule has 0 aromatic rings. The molecule has 3 nitrogen and oxygen atoms in total. The summed E-state index contributed by atoms with van der Waals surface area (Å²) in [5.74, 6) is 0.890. The fourth-order valence-electron chi connectivity index (χ4n) is 1.61. The van der Waals surface area contributed by atoms with E-state index in [1.54, 1.807) is 0 Å². The van der Waals surface area contributed by atoms with Gasteiger partial charge in [-0.15, -0.1) is 0 Å². The second-order valence-electron chi connectivity index (χ2n) is 3.58. The Kier molecular flexibility index (Phi) is 5.01. The first-order chi connectivity index (χ1) is 6.75. The predicted octanol–water partition coefficient (Wildman–Crippen LogP) is 1.63. The molecule has 0 saturated carbocycles. The van der Waals surface area contributed by atoms with Crippen LogP contribution in [-0.2, 0) is 9.59 Å². The molecule has 1 saturated heterocycles. The number of carbonyl (C=O) groups is 2. The van der Waals surface area contributed by atoms with Crippen LogP contribution >= 0.6 is 12.6 Å². The van der Waals surface area contributed by atoms with Crippen LogP contribution in [0.1, 0.15) is 38.5 Å². The van der Waals surface area contributed by atoms with Crippen LogP contribution in [0.15, 0.2) is 0 Å². The van der Waals surface area contributed by atoms with Gasteiger partial charge in [0, 0.05) is 19.4 Å². The summed E-state index contributed by atoms with van der Waals surface area (Å²) < 4.78 is 0.